The third-order valence-corrected chi connectivity index (χ3v) is 2.61. The first-order chi connectivity index (χ1) is 8.08. The van der Waals surface area contributed by atoms with E-state index < -0.39 is 0 Å². The molecule has 1 aromatic carbocycles. The zero-order valence-electron chi connectivity index (χ0n) is 10.0. The largest absolute Gasteiger partial charge is 0.328 e. The molecule has 0 aliphatic rings. The number of rotatable bonds is 3. The van der Waals surface area contributed by atoms with E-state index in [1.54, 1.807) is 16.8 Å². The van der Waals surface area contributed by atoms with Crippen molar-refractivity contribution >= 4 is 0 Å². The van der Waals surface area contributed by atoms with Crippen molar-refractivity contribution in [2.24, 2.45) is 12.8 Å². The Hall–Kier alpha value is -1.68. The molecule has 0 spiro atoms. The molecule has 1 atom stereocenters. The van der Waals surface area contributed by atoms with Crippen LogP contribution in [-0.4, -0.2) is 15.8 Å². The lowest BCUT2D eigenvalue weighted by molar-refractivity contribution is 0.627. The fraction of sp³-hybridized carbons (Fsp3) is 0.308. The average Bonchev–Trinajstić information content (AvgIpc) is 2.59. The molecule has 0 saturated carbocycles. The van der Waals surface area contributed by atoms with Gasteiger partial charge in [-0.25, -0.2) is 4.39 Å². The minimum Gasteiger partial charge on any atom is -0.328 e. The van der Waals surface area contributed by atoms with Gasteiger partial charge in [0.1, 0.15) is 5.82 Å². The van der Waals surface area contributed by atoms with E-state index >= 15 is 0 Å². The predicted octanol–water partition coefficient (Wildman–Crippen LogP) is 2.12. The molecule has 0 amide bonds. The van der Waals surface area contributed by atoms with E-state index in [1.807, 2.05) is 26.1 Å². The van der Waals surface area contributed by atoms with Crippen LogP contribution < -0.4 is 5.73 Å². The molecule has 1 aromatic heterocycles. The van der Waals surface area contributed by atoms with E-state index in [9.17, 15) is 4.39 Å². The van der Waals surface area contributed by atoms with E-state index in [-0.39, 0.29) is 11.9 Å². The van der Waals surface area contributed by atoms with Crippen molar-refractivity contribution in [3.8, 4) is 11.3 Å². The number of aryl methyl sites for hydroxylation is 1. The summed E-state index contributed by atoms with van der Waals surface area (Å²) in [6.07, 6.45) is 0.697. The van der Waals surface area contributed by atoms with Gasteiger partial charge in [-0.1, -0.05) is 12.1 Å². The van der Waals surface area contributed by atoms with Gasteiger partial charge >= 0.3 is 0 Å². The molecule has 3 nitrogen and oxygen atoms in total. The molecule has 2 rings (SSSR count). The van der Waals surface area contributed by atoms with Crippen molar-refractivity contribution < 1.29 is 4.39 Å². The topological polar surface area (TPSA) is 43.8 Å². The lowest BCUT2D eigenvalue weighted by atomic mass is 10.1. The number of benzene rings is 1. The first-order valence-electron chi connectivity index (χ1n) is 5.61. The Morgan fingerprint density at radius 2 is 2.12 bits per heavy atom. The summed E-state index contributed by atoms with van der Waals surface area (Å²) in [4.78, 5) is 0. The van der Waals surface area contributed by atoms with Crippen LogP contribution in [-0.2, 0) is 13.5 Å². The Balaban J connectivity index is 2.40. The SMILES string of the molecule is CC(N)Cc1cc(-c2ccccc2F)n(C)n1. The van der Waals surface area contributed by atoms with Gasteiger partial charge in [-0.2, -0.15) is 5.10 Å². The molecule has 90 valence electrons. The van der Waals surface area contributed by atoms with E-state index in [0.29, 0.717) is 12.0 Å². The molecule has 4 heteroatoms. The molecule has 2 N–H and O–H groups in total. The van der Waals surface area contributed by atoms with Gasteiger partial charge in [-0.15, -0.1) is 0 Å². The first kappa shape index (κ1) is 11.8. The highest BCUT2D eigenvalue weighted by atomic mass is 19.1. The Labute approximate surface area is 100 Å². The number of hydrogen-bond acceptors (Lipinski definition) is 2. The summed E-state index contributed by atoms with van der Waals surface area (Å²) in [5, 5.41) is 4.34. The van der Waals surface area contributed by atoms with Gasteiger partial charge < -0.3 is 5.73 Å². The molecule has 2 aromatic rings. The van der Waals surface area contributed by atoms with Crippen molar-refractivity contribution in [2.75, 3.05) is 0 Å². The van der Waals surface area contributed by atoms with Crippen LogP contribution in [0.2, 0.25) is 0 Å². The van der Waals surface area contributed by atoms with Crippen molar-refractivity contribution in [3.63, 3.8) is 0 Å². The fourth-order valence-corrected chi connectivity index (χ4v) is 1.88. The van der Waals surface area contributed by atoms with Crippen LogP contribution in [0.3, 0.4) is 0 Å². The monoisotopic (exact) mass is 233 g/mol. The molecule has 17 heavy (non-hydrogen) atoms. The van der Waals surface area contributed by atoms with Crippen LogP contribution in [0.25, 0.3) is 11.3 Å². The first-order valence-corrected chi connectivity index (χ1v) is 5.61. The van der Waals surface area contributed by atoms with Crippen LogP contribution in [0, 0.1) is 5.82 Å². The van der Waals surface area contributed by atoms with Crippen LogP contribution in [0.15, 0.2) is 30.3 Å². The van der Waals surface area contributed by atoms with Crippen LogP contribution in [0.1, 0.15) is 12.6 Å². The van der Waals surface area contributed by atoms with Gasteiger partial charge in [0.15, 0.2) is 0 Å². The molecule has 0 fully saturated rings. The van der Waals surface area contributed by atoms with Crippen molar-refractivity contribution in [2.45, 2.75) is 19.4 Å². The number of aromatic nitrogens is 2. The standard InChI is InChI=1S/C13H16FN3/c1-9(15)7-10-8-13(17(2)16-10)11-5-3-4-6-12(11)14/h3-6,8-9H,7,15H2,1-2H3. The second kappa shape index (κ2) is 4.67. The summed E-state index contributed by atoms with van der Waals surface area (Å²) < 4.78 is 15.4. The summed E-state index contributed by atoms with van der Waals surface area (Å²) in [6.45, 7) is 1.93. The van der Waals surface area contributed by atoms with E-state index in [1.165, 1.54) is 6.07 Å². The maximum absolute atomic E-state index is 13.7. The highest BCUT2D eigenvalue weighted by Gasteiger charge is 2.11. The molecule has 0 saturated heterocycles. The smallest absolute Gasteiger partial charge is 0.132 e. The molecular weight excluding hydrogens is 217 g/mol. The van der Waals surface area contributed by atoms with Gasteiger partial charge in [0.05, 0.1) is 11.4 Å². The van der Waals surface area contributed by atoms with Gasteiger partial charge in [0.2, 0.25) is 0 Å². The molecule has 1 unspecified atom stereocenters. The Kier molecular flexibility index (Phi) is 3.24. The van der Waals surface area contributed by atoms with E-state index in [2.05, 4.69) is 5.10 Å². The van der Waals surface area contributed by atoms with E-state index in [4.69, 9.17) is 5.73 Å². The van der Waals surface area contributed by atoms with Crippen LogP contribution in [0.4, 0.5) is 4.39 Å². The second-order valence-corrected chi connectivity index (χ2v) is 4.31. The van der Waals surface area contributed by atoms with Gasteiger partial charge in [0.25, 0.3) is 0 Å². The van der Waals surface area contributed by atoms with Crippen molar-refractivity contribution in [1.29, 1.82) is 0 Å². The maximum Gasteiger partial charge on any atom is 0.132 e. The van der Waals surface area contributed by atoms with E-state index in [0.717, 1.165) is 11.4 Å². The average molecular weight is 233 g/mol. The zero-order valence-corrected chi connectivity index (χ0v) is 10.0. The van der Waals surface area contributed by atoms with Gasteiger partial charge in [-0.05, 0) is 25.1 Å². The Morgan fingerprint density at radius 1 is 1.41 bits per heavy atom. The maximum atomic E-state index is 13.7. The van der Waals surface area contributed by atoms with Crippen molar-refractivity contribution in [3.05, 3.63) is 41.8 Å². The predicted molar refractivity (Wildman–Crippen MR) is 66.0 cm³/mol. The number of hydrogen-bond donors (Lipinski definition) is 1. The molecule has 0 radical (unpaired) electrons. The minimum absolute atomic E-state index is 0.0540. The molecule has 0 aliphatic heterocycles. The second-order valence-electron chi connectivity index (χ2n) is 4.31. The normalized spacial score (nSPS) is 12.7. The lowest BCUT2D eigenvalue weighted by Gasteiger charge is -2.02. The summed E-state index contributed by atoms with van der Waals surface area (Å²) in [5.41, 5.74) is 7.96. The van der Waals surface area contributed by atoms with Crippen molar-refractivity contribution in [1.82, 2.24) is 9.78 Å². The summed E-state index contributed by atoms with van der Waals surface area (Å²) in [7, 11) is 1.81. The van der Waals surface area contributed by atoms with Gasteiger partial charge in [-0.3, -0.25) is 4.68 Å². The molecular formula is C13H16FN3. The highest BCUT2D eigenvalue weighted by molar-refractivity contribution is 5.60. The highest BCUT2D eigenvalue weighted by Crippen LogP contribution is 2.23. The van der Waals surface area contributed by atoms with Gasteiger partial charge in [0, 0.05) is 25.1 Å². The Morgan fingerprint density at radius 3 is 2.76 bits per heavy atom. The molecule has 0 aliphatic carbocycles. The summed E-state index contributed by atoms with van der Waals surface area (Å²) in [5.74, 6) is -0.233. The summed E-state index contributed by atoms with van der Waals surface area (Å²) in [6, 6.07) is 8.64. The molecule has 1 heterocycles. The fourth-order valence-electron chi connectivity index (χ4n) is 1.88. The minimum atomic E-state index is -0.233. The zero-order chi connectivity index (χ0) is 12.4. The quantitative estimate of drug-likeness (QED) is 0.882. The lowest BCUT2D eigenvalue weighted by Crippen LogP contribution is -2.18. The third-order valence-electron chi connectivity index (χ3n) is 2.61. The number of nitrogens with two attached hydrogens (primary N) is 1. The third kappa shape index (κ3) is 2.53. The number of halogens is 1. The Bertz CT molecular complexity index is 517. The van der Waals surface area contributed by atoms with Crippen LogP contribution in [0.5, 0.6) is 0 Å². The molecule has 0 bridgehead atoms. The number of nitrogens with zero attached hydrogens (tertiary/aromatic N) is 2. The summed E-state index contributed by atoms with van der Waals surface area (Å²) >= 11 is 0. The van der Waals surface area contributed by atoms with Crippen LogP contribution >= 0.6 is 0 Å².